The summed E-state index contributed by atoms with van der Waals surface area (Å²) in [5, 5.41) is 5.09. The summed E-state index contributed by atoms with van der Waals surface area (Å²) in [5.41, 5.74) is 6.74. The van der Waals surface area contributed by atoms with Crippen LogP contribution in [-0.4, -0.2) is 19.9 Å². The maximum absolute atomic E-state index is 6.32. The molecule has 42 heavy (non-hydrogen) atoms. The van der Waals surface area contributed by atoms with Gasteiger partial charge in [0.25, 0.3) is 0 Å². The molecule has 4 heterocycles. The van der Waals surface area contributed by atoms with Gasteiger partial charge in [0.05, 0.1) is 5.52 Å². The minimum atomic E-state index is 0.568. The van der Waals surface area contributed by atoms with Crippen molar-refractivity contribution in [2.24, 2.45) is 0 Å². The molecule has 0 aliphatic rings. The van der Waals surface area contributed by atoms with Gasteiger partial charge >= 0.3 is 0 Å². The number of nitrogens with zero attached hydrogens (tertiary/aromatic N) is 4. The number of pyridine rings is 1. The Balaban J connectivity index is 1.30. The summed E-state index contributed by atoms with van der Waals surface area (Å²) in [7, 11) is 0. The molecule has 0 saturated heterocycles. The van der Waals surface area contributed by atoms with Gasteiger partial charge in [0.1, 0.15) is 22.3 Å². The van der Waals surface area contributed by atoms with Crippen molar-refractivity contribution in [2.45, 2.75) is 0 Å². The molecule has 196 valence electrons. The maximum Gasteiger partial charge on any atom is 0.164 e. The highest BCUT2D eigenvalue weighted by atomic mass is 16.3. The van der Waals surface area contributed by atoms with E-state index in [1.165, 1.54) is 0 Å². The van der Waals surface area contributed by atoms with Gasteiger partial charge in [0.15, 0.2) is 17.5 Å². The van der Waals surface area contributed by atoms with E-state index in [0.717, 1.165) is 71.5 Å². The van der Waals surface area contributed by atoms with E-state index in [9.17, 15) is 0 Å². The standard InChI is InChI=1S/C36H20N4O2/c1-2-8-21(9-3-1)34-38-35(23-15-16-25-24-11-4-5-13-29(24)41-31(25)19-23)40-36(39-34)26-12-6-14-30-33(26)27-20-28-22(10-7-17-37-28)18-32(27)42-30/h1-20H. The first-order chi connectivity index (χ1) is 20.8. The molecule has 0 amide bonds. The number of rotatable bonds is 3. The topological polar surface area (TPSA) is 77.8 Å². The normalized spacial score (nSPS) is 11.8. The van der Waals surface area contributed by atoms with E-state index in [4.69, 9.17) is 23.8 Å². The highest BCUT2D eigenvalue weighted by Crippen LogP contribution is 2.38. The number of hydrogen-bond donors (Lipinski definition) is 0. The number of para-hydroxylation sites is 1. The summed E-state index contributed by atoms with van der Waals surface area (Å²) in [6, 6.07) is 38.3. The fourth-order valence-corrected chi connectivity index (χ4v) is 5.78. The number of benzene rings is 5. The third-order valence-corrected chi connectivity index (χ3v) is 7.77. The molecule has 0 N–H and O–H groups in total. The Morgan fingerprint density at radius 2 is 1.19 bits per heavy atom. The molecule has 4 aromatic heterocycles. The molecule has 9 rings (SSSR count). The molecule has 5 aromatic carbocycles. The lowest BCUT2D eigenvalue weighted by Gasteiger charge is -2.09. The third-order valence-electron chi connectivity index (χ3n) is 7.77. The zero-order chi connectivity index (χ0) is 27.6. The molecule has 0 saturated carbocycles. The van der Waals surface area contributed by atoms with Crippen LogP contribution in [0.2, 0.25) is 0 Å². The summed E-state index contributed by atoms with van der Waals surface area (Å²) < 4.78 is 12.5. The van der Waals surface area contributed by atoms with Gasteiger partial charge < -0.3 is 8.83 Å². The molecule has 0 unspecified atom stereocenters. The van der Waals surface area contributed by atoms with Crippen molar-refractivity contribution in [3.8, 4) is 34.2 Å². The van der Waals surface area contributed by atoms with Crippen LogP contribution in [0.15, 0.2) is 130 Å². The average Bonchev–Trinajstić information content (AvgIpc) is 3.61. The second-order valence-corrected chi connectivity index (χ2v) is 10.3. The van der Waals surface area contributed by atoms with Crippen molar-refractivity contribution in [2.75, 3.05) is 0 Å². The predicted molar refractivity (Wildman–Crippen MR) is 166 cm³/mol. The first-order valence-electron chi connectivity index (χ1n) is 13.7. The van der Waals surface area contributed by atoms with Crippen molar-refractivity contribution < 1.29 is 8.83 Å². The molecular weight excluding hydrogens is 520 g/mol. The molecular formula is C36H20N4O2. The van der Waals surface area contributed by atoms with Gasteiger partial charge in [-0.1, -0.05) is 72.8 Å². The van der Waals surface area contributed by atoms with Gasteiger partial charge in [0.2, 0.25) is 0 Å². The van der Waals surface area contributed by atoms with E-state index in [-0.39, 0.29) is 0 Å². The van der Waals surface area contributed by atoms with Gasteiger partial charge in [-0.2, -0.15) is 0 Å². The Morgan fingerprint density at radius 3 is 2.12 bits per heavy atom. The molecule has 0 radical (unpaired) electrons. The molecule has 6 nitrogen and oxygen atoms in total. The van der Waals surface area contributed by atoms with Crippen LogP contribution in [0.3, 0.4) is 0 Å². The molecule has 0 atom stereocenters. The fourth-order valence-electron chi connectivity index (χ4n) is 5.78. The molecule has 9 aromatic rings. The van der Waals surface area contributed by atoms with Gasteiger partial charge in [-0.3, -0.25) is 4.98 Å². The maximum atomic E-state index is 6.32. The zero-order valence-electron chi connectivity index (χ0n) is 22.2. The summed E-state index contributed by atoms with van der Waals surface area (Å²) in [6.07, 6.45) is 1.81. The molecule has 0 spiro atoms. The summed E-state index contributed by atoms with van der Waals surface area (Å²) in [6.45, 7) is 0. The number of aromatic nitrogens is 4. The van der Waals surface area contributed by atoms with Gasteiger partial charge in [-0.25, -0.2) is 15.0 Å². The largest absolute Gasteiger partial charge is 0.456 e. The van der Waals surface area contributed by atoms with Crippen LogP contribution in [0.4, 0.5) is 0 Å². The Kier molecular flexibility index (Phi) is 4.80. The average molecular weight is 541 g/mol. The number of furan rings is 2. The Morgan fingerprint density at radius 1 is 0.452 bits per heavy atom. The zero-order valence-corrected chi connectivity index (χ0v) is 22.2. The quantitative estimate of drug-likeness (QED) is 0.222. The summed E-state index contributed by atoms with van der Waals surface area (Å²) in [4.78, 5) is 19.5. The van der Waals surface area contributed by atoms with Crippen LogP contribution in [0.25, 0.3) is 88.9 Å². The first-order valence-corrected chi connectivity index (χ1v) is 13.7. The monoisotopic (exact) mass is 540 g/mol. The molecule has 0 aliphatic carbocycles. The van der Waals surface area contributed by atoms with E-state index < -0.39 is 0 Å². The Bertz CT molecular complexity index is 2480. The van der Waals surface area contributed by atoms with Crippen LogP contribution in [0, 0.1) is 0 Å². The number of hydrogen-bond acceptors (Lipinski definition) is 6. The van der Waals surface area contributed by atoms with E-state index in [1.54, 1.807) is 6.20 Å². The molecule has 6 heteroatoms. The van der Waals surface area contributed by atoms with Crippen LogP contribution >= 0.6 is 0 Å². The second kappa shape index (κ2) is 8.81. The third kappa shape index (κ3) is 3.52. The second-order valence-electron chi connectivity index (χ2n) is 10.3. The minimum Gasteiger partial charge on any atom is -0.456 e. The van der Waals surface area contributed by atoms with Gasteiger partial charge in [-0.15, -0.1) is 0 Å². The van der Waals surface area contributed by atoms with Gasteiger partial charge in [0, 0.05) is 49.8 Å². The predicted octanol–water partition coefficient (Wildman–Crippen LogP) is 9.22. The smallest absolute Gasteiger partial charge is 0.164 e. The SMILES string of the molecule is c1ccc(-c2nc(-c3ccc4c(c3)oc3ccccc34)nc(-c3cccc4oc5cc6cccnc6cc5c34)n2)cc1. The summed E-state index contributed by atoms with van der Waals surface area (Å²) >= 11 is 0. The first kappa shape index (κ1) is 22.9. The molecule has 0 aliphatic heterocycles. The number of fused-ring (bicyclic) bond motifs is 7. The van der Waals surface area contributed by atoms with Crippen molar-refractivity contribution in [1.82, 2.24) is 19.9 Å². The lowest BCUT2D eigenvalue weighted by molar-refractivity contribution is 0.669. The minimum absolute atomic E-state index is 0.568. The highest BCUT2D eigenvalue weighted by molar-refractivity contribution is 6.14. The van der Waals surface area contributed by atoms with E-state index in [2.05, 4.69) is 23.2 Å². The van der Waals surface area contributed by atoms with Crippen molar-refractivity contribution in [3.63, 3.8) is 0 Å². The van der Waals surface area contributed by atoms with Crippen LogP contribution in [-0.2, 0) is 0 Å². The van der Waals surface area contributed by atoms with E-state index in [0.29, 0.717) is 17.5 Å². The van der Waals surface area contributed by atoms with E-state index in [1.807, 2.05) is 97.1 Å². The lowest BCUT2D eigenvalue weighted by atomic mass is 10.0. The van der Waals surface area contributed by atoms with Crippen molar-refractivity contribution in [3.05, 3.63) is 121 Å². The van der Waals surface area contributed by atoms with Crippen LogP contribution in [0.1, 0.15) is 0 Å². The Hall–Kier alpha value is -5.88. The van der Waals surface area contributed by atoms with Crippen molar-refractivity contribution >= 4 is 54.8 Å². The van der Waals surface area contributed by atoms with Crippen LogP contribution in [0.5, 0.6) is 0 Å². The van der Waals surface area contributed by atoms with E-state index >= 15 is 0 Å². The molecule has 0 bridgehead atoms. The van der Waals surface area contributed by atoms with Crippen molar-refractivity contribution in [1.29, 1.82) is 0 Å². The highest BCUT2D eigenvalue weighted by Gasteiger charge is 2.19. The lowest BCUT2D eigenvalue weighted by Crippen LogP contribution is -2.00. The Labute approximate surface area is 238 Å². The molecule has 0 fully saturated rings. The fraction of sp³-hybridized carbons (Fsp3) is 0. The van der Waals surface area contributed by atoms with Gasteiger partial charge in [-0.05, 0) is 42.5 Å². The van der Waals surface area contributed by atoms with Crippen LogP contribution < -0.4 is 0 Å². The summed E-state index contributed by atoms with van der Waals surface area (Å²) in [5.74, 6) is 1.73.